The molecule has 2 saturated heterocycles. The first kappa shape index (κ1) is 19.3. The summed E-state index contributed by atoms with van der Waals surface area (Å²) in [5.41, 5.74) is 1.15. The standard InChI is InChI=1S/C21H21ClN4O3/c22-17-8-4-5-9-18(17)23-20(28)24-12-10-15(11-13-24)25-14-19(27)26(21(25)29)16-6-2-1-3-7-16/h1-9,15H,10-14H2,(H,23,28). The van der Waals surface area contributed by atoms with E-state index in [1.165, 1.54) is 4.90 Å². The quantitative estimate of drug-likeness (QED) is 0.779. The molecule has 0 atom stereocenters. The molecular weight excluding hydrogens is 392 g/mol. The predicted molar refractivity (Wildman–Crippen MR) is 111 cm³/mol. The normalized spacial score (nSPS) is 17.8. The number of urea groups is 2. The van der Waals surface area contributed by atoms with E-state index in [2.05, 4.69) is 5.32 Å². The van der Waals surface area contributed by atoms with Gasteiger partial charge in [0.15, 0.2) is 0 Å². The van der Waals surface area contributed by atoms with E-state index in [9.17, 15) is 14.4 Å². The fourth-order valence-electron chi connectivity index (χ4n) is 3.77. The first-order valence-corrected chi connectivity index (χ1v) is 9.91. The topological polar surface area (TPSA) is 73.0 Å². The Hall–Kier alpha value is -3.06. The highest BCUT2D eigenvalue weighted by atomic mass is 35.5. The summed E-state index contributed by atoms with van der Waals surface area (Å²) in [6, 6.07) is 15.5. The number of amides is 5. The summed E-state index contributed by atoms with van der Waals surface area (Å²) < 4.78 is 0. The maximum atomic E-state index is 12.8. The van der Waals surface area contributed by atoms with Crippen molar-refractivity contribution in [3.05, 3.63) is 59.6 Å². The maximum Gasteiger partial charge on any atom is 0.332 e. The Bertz CT molecular complexity index is 929. The number of nitrogens with one attached hydrogen (secondary N) is 1. The smallest absolute Gasteiger partial charge is 0.324 e. The highest BCUT2D eigenvalue weighted by Gasteiger charge is 2.41. The summed E-state index contributed by atoms with van der Waals surface area (Å²) in [5.74, 6) is -0.222. The van der Waals surface area contributed by atoms with Crippen molar-refractivity contribution in [3.63, 3.8) is 0 Å². The second-order valence-electron chi connectivity index (χ2n) is 7.10. The zero-order valence-corrected chi connectivity index (χ0v) is 16.5. The average Bonchev–Trinajstić information content (AvgIpc) is 3.04. The molecule has 0 aliphatic carbocycles. The molecule has 2 fully saturated rings. The van der Waals surface area contributed by atoms with E-state index >= 15 is 0 Å². The molecule has 7 nitrogen and oxygen atoms in total. The van der Waals surface area contributed by atoms with Gasteiger partial charge in [-0.3, -0.25) is 4.79 Å². The van der Waals surface area contributed by atoms with Crippen LogP contribution in [0.4, 0.5) is 21.0 Å². The molecule has 0 unspecified atom stereocenters. The van der Waals surface area contributed by atoms with E-state index in [4.69, 9.17) is 11.6 Å². The van der Waals surface area contributed by atoms with Gasteiger partial charge in [-0.15, -0.1) is 0 Å². The lowest BCUT2D eigenvalue weighted by Gasteiger charge is -2.36. The van der Waals surface area contributed by atoms with Gasteiger partial charge >= 0.3 is 12.1 Å². The van der Waals surface area contributed by atoms with Crippen molar-refractivity contribution in [3.8, 4) is 0 Å². The van der Waals surface area contributed by atoms with Crippen molar-refractivity contribution in [1.82, 2.24) is 9.80 Å². The molecule has 0 spiro atoms. The summed E-state index contributed by atoms with van der Waals surface area (Å²) in [6.45, 7) is 1.08. The number of piperidine rings is 1. The van der Waals surface area contributed by atoms with Gasteiger partial charge in [0, 0.05) is 19.1 Å². The van der Waals surface area contributed by atoms with Gasteiger partial charge in [0.05, 0.1) is 16.4 Å². The number of anilines is 2. The third-order valence-electron chi connectivity index (χ3n) is 5.31. The molecule has 29 heavy (non-hydrogen) atoms. The lowest BCUT2D eigenvalue weighted by molar-refractivity contribution is -0.116. The van der Waals surface area contributed by atoms with Gasteiger partial charge < -0.3 is 15.1 Å². The molecule has 2 aromatic carbocycles. The molecule has 0 aromatic heterocycles. The fourth-order valence-corrected chi connectivity index (χ4v) is 3.96. The third-order valence-corrected chi connectivity index (χ3v) is 5.64. The molecule has 4 rings (SSSR count). The van der Waals surface area contributed by atoms with Crippen LogP contribution in [0.25, 0.3) is 0 Å². The Morgan fingerprint density at radius 3 is 2.31 bits per heavy atom. The molecule has 0 radical (unpaired) electrons. The van der Waals surface area contributed by atoms with Crippen LogP contribution in [0, 0.1) is 0 Å². The monoisotopic (exact) mass is 412 g/mol. The SMILES string of the molecule is O=C(Nc1ccccc1Cl)N1CCC(N2CC(=O)N(c3ccccc3)C2=O)CC1. The van der Waals surface area contributed by atoms with Gasteiger partial charge in [0.2, 0.25) is 0 Å². The largest absolute Gasteiger partial charge is 0.332 e. The lowest BCUT2D eigenvalue weighted by atomic mass is 10.0. The van der Waals surface area contributed by atoms with Gasteiger partial charge in [0.1, 0.15) is 6.54 Å². The maximum absolute atomic E-state index is 12.8. The van der Waals surface area contributed by atoms with Crippen molar-refractivity contribution < 1.29 is 14.4 Å². The lowest BCUT2D eigenvalue weighted by Crippen LogP contribution is -2.49. The minimum absolute atomic E-state index is 0.0653. The number of carbonyl (C=O) groups is 3. The van der Waals surface area contributed by atoms with Crippen LogP contribution in [0.2, 0.25) is 5.02 Å². The number of hydrogen-bond donors (Lipinski definition) is 1. The Morgan fingerprint density at radius 1 is 0.966 bits per heavy atom. The van der Waals surface area contributed by atoms with Crippen LogP contribution in [0.5, 0.6) is 0 Å². The number of halogens is 1. The number of likely N-dealkylation sites (tertiary alicyclic amines) is 1. The molecule has 1 N–H and O–H groups in total. The summed E-state index contributed by atoms with van der Waals surface area (Å²) in [6.07, 6.45) is 1.25. The summed E-state index contributed by atoms with van der Waals surface area (Å²) >= 11 is 6.10. The number of imide groups is 1. The number of hydrogen-bond acceptors (Lipinski definition) is 3. The molecule has 0 saturated carbocycles. The van der Waals surface area contributed by atoms with Crippen LogP contribution in [0.1, 0.15) is 12.8 Å². The van der Waals surface area contributed by atoms with E-state index in [1.807, 2.05) is 12.1 Å². The Balaban J connectivity index is 1.36. The zero-order chi connectivity index (χ0) is 20.4. The molecule has 2 aromatic rings. The highest BCUT2D eigenvalue weighted by Crippen LogP contribution is 2.27. The van der Waals surface area contributed by atoms with Crippen LogP contribution >= 0.6 is 11.6 Å². The van der Waals surface area contributed by atoms with Crippen LogP contribution in [0.15, 0.2) is 54.6 Å². The molecule has 0 bridgehead atoms. The molecule has 2 aliphatic heterocycles. The van der Waals surface area contributed by atoms with Crippen LogP contribution in [-0.4, -0.2) is 53.4 Å². The van der Waals surface area contributed by atoms with Crippen molar-refractivity contribution in [2.75, 3.05) is 29.9 Å². The van der Waals surface area contributed by atoms with E-state index in [1.54, 1.807) is 52.3 Å². The second kappa shape index (κ2) is 8.13. The van der Waals surface area contributed by atoms with Crippen molar-refractivity contribution in [2.45, 2.75) is 18.9 Å². The van der Waals surface area contributed by atoms with Crippen LogP contribution < -0.4 is 10.2 Å². The van der Waals surface area contributed by atoms with E-state index in [0.29, 0.717) is 42.3 Å². The van der Waals surface area contributed by atoms with Crippen molar-refractivity contribution >= 4 is 40.9 Å². The Kier molecular flexibility index (Phi) is 5.40. The second-order valence-corrected chi connectivity index (χ2v) is 7.51. The third kappa shape index (κ3) is 3.91. The van der Waals surface area contributed by atoms with Crippen LogP contribution in [0.3, 0.4) is 0 Å². The molecule has 5 amide bonds. The summed E-state index contributed by atoms with van der Waals surface area (Å²) in [4.78, 5) is 42.3. The van der Waals surface area contributed by atoms with E-state index in [-0.39, 0.29) is 30.6 Å². The Morgan fingerprint density at radius 2 is 1.62 bits per heavy atom. The van der Waals surface area contributed by atoms with Gasteiger partial charge in [-0.2, -0.15) is 0 Å². The number of benzene rings is 2. The van der Waals surface area contributed by atoms with E-state index in [0.717, 1.165) is 0 Å². The average molecular weight is 413 g/mol. The van der Waals surface area contributed by atoms with E-state index < -0.39 is 0 Å². The zero-order valence-electron chi connectivity index (χ0n) is 15.8. The molecule has 2 aliphatic rings. The van der Waals surface area contributed by atoms with Crippen molar-refractivity contribution in [1.29, 1.82) is 0 Å². The number of rotatable bonds is 3. The predicted octanol–water partition coefficient (Wildman–Crippen LogP) is 3.81. The summed E-state index contributed by atoms with van der Waals surface area (Å²) in [7, 11) is 0. The Labute approximate surface area is 173 Å². The fraction of sp³-hybridized carbons (Fsp3) is 0.286. The first-order chi connectivity index (χ1) is 14.0. The number of carbonyl (C=O) groups excluding carboxylic acids is 3. The summed E-state index contributed by atoms with van der Waals surface area (Å²) in [5, 5.41) is 3.31. The first-order valence-electron chi connectivity index (χ1n) is 9.53. The van der Waals surface area contributed by atoms with Gasteiger partial charge in [-0.25, -0.2) is 14.5 Å². The highest BCUT2D eigenvalue weighted by molar-refractivity contribution is 6.33. The molecule has 8 heteroatoms. The number of nitrogens with zero attached hydrogens (tertiary/aromatic N) is 3. The molecule has 2 heterocycles. The van der Waals surface area contributed by atoms with Gasteiger partial charge in [-0.1, -0.05) is 41.9 Å². The van der Waals surface area contributed by atoms with Crippen LogP contribution in [-0.2, 0) is 4.79 Å². The minimum atomic E-state index is -0.292. The van der Waals surface area contributed by atoms with Gasteiger partial charge in [-0.05, 0) is 37.1 Å². The van der Waals surface area contributed by atoms with Crippen molar-refractivity contribution in [2.24, 2.45) is 0 Å². The molecule has 150 valence electrons. The molecular formula is C21H21ClN4O3. The number of para-hydroxylation sites is 2. The van der Waals surface area contributed by atoms with Gasteiger partial charge in [0.25, 0.3) is 5.91 Å². The minimum Gasteiger partial charge on any atom is -0.324 e.